The second-order valence-electron chi connectivity index (χ2n) is 7.48. The minimum Gasteiger partial charge on any atom is -0.497 e. The molecule has 7 heteroatoms. The lowest BCUT2D eigenvalue weighted by atomic mass is 10.0. The van der Waals surface area contributed by atoms with Crippen molar-refractivity contribution in [2.24, 2.45) is 0 Å². The zero-order valence-electron chi connectivity index (χ0n) is 17.8. The van der Waals surface area contributed by atoms with E-state index in [9.17, 15) is 14.0 Å². The smallest absolute Gasteiger partial charge is 0.255 e. The number of nitrogens with zero attached hydrogens (tertiary/aromatic N) is 1. The van der Waals surface area contributed by atoms with E-state index in [1.54, 1.807) is 41.3 Å². The number of ether oxygens (including phenoxy) is 2. The first kappa shape index (κ1) is 21.4. The molecule has 0 spiro atoms. The Kier molecular flexibility index (Phi) is 6.07. The van der Waals surface area contributed by atoms with Gasteiger partial charge in [-0.2, -0.15) is 0 Å². The van der Waals surface area contributed by atoms with Crippen molar-refractivity contribution in [1.29, 1.82) is 0 Å². The zero-order chi connectivity index (χ0) is 22.7. The van der Waals surface area contributed by atoms with Crippen molar-refractivity contribution >= 4 is 17.5 Å². The van der Waals surface area contributed by atoms with Crippen LogP contribution in [0.3, 0.4) is 0 Å². The Morgan fingerprint density at radius 1 is 1.06 bits per heavy atom. The highest BCUT2D eigenvalue weighted by Crippen LogP contribution is 2.35. The predicted octanol–water partition coefficient (Wildman–Crippen LogP) is 4.57. The third kappa shape index (κ3) is 4.27. The standard InChI is InChI=1S/C25H23FN2O4/c1-31-19-11-12-23(32-2)21(13-19)27-24(29)14-22(16-7-9-18(26)10-8-16)28-15-17-5-3-4-6-20(17)25(28)30/h3-13,22H,14-15H2,1-2H3,(H,27,29)/t22-/m0/s1. The molecule has 32 heavy (non-hydrogen) atoms. The number of amides is 2. The van der Waals surface area contributed by atoms with Crippen LogP contribution in [0.1, 0.15) is 33.9 Å². The molecule has 0 saturated heterocycles. The Labute approximate surface area is 185 Å². The minimum absolute atomic E-state index is 0.00821. The van der Waals surface area contributed by atoms with Crippen molar-refractivity contribution in [3.63, 3.8) is 0 Å². The van der Waals surface area contributed by atoms with Gasteiger partial charge in [0.05, 0.1) is 32.4 Å². The summed E-state index contributed by atoms with van der Waals surface area (Å²) in [5.74, 6) is 0.217. The van der Waals surface area contributed by atoms with Gasteiger partial charge in [-0.15, -0.1) is 0 Å². The van der Waals surface area contributed by atoms with Gasteiger partial charge in [0.15, 0.2) is 0 Å². The van der Waals surface area contributed by atoms with Gasteiger partial charge in [-0.05, 0) is 41.5 Å². The maximum absolute atomic E-state index is 13.5. The fraction of sp³-hybridized carbons (Fsp3) is 0.200. The van der Waals surface area contributed by atoms with Crippen LogP contribution < -0.4 is 14.8 Å². The van der Waals surface area contributed by atoms with Gasteiger partial charge in [0.1, 0.15) is 17.3 Å². The van der Waals surface area contributed by atoms with Gasteiger partial charge in [-0.3, -0.25) is 9.59 Å². The van der Waals surface area contributed by atoms with Crippen LogP contribution in [-0.4, -0.2) is 30.9 Å². The first-order valence-corrected chi connectivity index (χ1v) is 10.2. The van der Waals surface area contributed by atoms with Gasteiger partial charge in [0, 0.05) is 18.2 Å². The molecule has 6 nitrogen and oxygen atoms in total. The van der Waals surface area contributed by atoms with Crippen LogP contribution in [0.15, 0.2) is 66.7 Å². The van der Waals surface area contributed by atoms with Crippen LogP contribution >= 0.6 is 0 Å². The summed E-state index contributed by atoms with van der Waals surface area (Å²) < 4.78 is 24.1. The van der Waals surface area contributed by atoms with Crippen LogP contribution in [0.25, 0.3) is 0 Å². The molecule has 1 atom stereocenters. The Morgan fingerprint density at radius 2 is 1.81 bits per heavy atom. The van der Waals surface area contributed by atoms with Crippen molar-refractivity contribution in [3.8, 4) is 11.5 Å². The van der Waals surface area contributed by atoms with Crippen molar-refractivity contribution in [3.05, 3.63) is 89.2 Å². The minimum atomic E-state index is -0.563. The SMILES string of the molecule is COc1ccc(OC)c(NC(=O)C[C@@H](c2ccc(F)cc2)N2Cc3ccccc3C2=O)c1. The third-order valence-electron chi connectivity index (χ3n) is 5.54. The van der Waals surface area contributed by atoms with Crippen LogP contribution in [-0.2, 0) is 11.3 Å². The molecular formula is C25H23FN2O4. The second kappa shape index (κ2) is 9.09. The average molecular weight is 434 g/mol. The number of hydrogen-bond acceptors (Lipinski definition) is 4. The van der Waals surface area contributed by atoms with Gasteiger partial charge in [0.25, 0.3) is 5.91 Å². The molecule has 1 N–H and O–H groups in total. The van der Waals surface area contributed by atoms with Gasteiger partial charge in [0.2, 0.25) is 5.91 Å². The van der Waals surface area contributed by atoms with E-state index in [1.807, 2.05) is 18.2 Å². The van der Waals surface area contributed by atoms with Crippen LogP contribution in [0, 0.1) is 5.82 Å². The molecule has 0 bridgehead atoms. The lowest BCUT2D eigenvalue weighted by molar-refractivity contribution is -0.117. The van der Waals surface area contributed by atoms with Gasteiger partial charge in [-0.1, -0.05) is 30.3 Å². The highest BCUT2D eigenvalue weighted by molar-refractivity contribution is 5.99. The maximum atomic E-state index is 13.5. The summed E-state index contributed by atoms with van der Waals surface area (Å²) in [6.07, 6.45) is -0.00821. The third-order valence-corrected chi connectivity index (χ3v) is 5.54. The summed E-state index contributed by atoms with van der Waals surface area (Å²) >= 11 is 0. The number of anilines is 1. The van der Waals surface area contributed by atoms with Crippen molar-refractivity contribution in [2.75, 3.05) is 19.5 Å². The molecule has 0 aromatic heterocycles. The number of hydrogen-bond donors (Lipinski definition) is 1. The molecule has 1 aliphatic rings. The van der Waals surface area contributed by atoms with Crippen LogP contribution in [0.5, 0.6) is 11.5 Å². The Morgan fingerprint density at radius 3 is 2.50 bits per heavy atom. The summed E-state index contributed by atoms with van der Waals surface area (Å²) in [7, 11) is 3.05. The fourth-order valence-corrected chi connectivity index (χ4v) is 3.91. The first-order chi connectivity index (χ1) is 15.5. The number of carbonyl (C=O) groups excluding carboxylic acids is 2. The van der Waals surface area contributed by atoms with E-state index in [1.165, 1.54) is 26.4 Å². The summed E-state index contributed by atoms with van der Waals surface area (Å²) in [6.45, 7) is 0.382. The quantitative estimate of drug-likeness (QED) is 0.592. The normalized spacial score (nSPS) is 13.5. The summed E-state index contributed by atoms with van der Waals surface area (Å²) in [4.78, 5) is 27.8. The van der Waals surface area contributed by atoms with Crippen LogP contribution in [0.2, 0.25) is 0 Å². The van der Waals surface area contributed by atoms with E-state index >= 15 is 0 Å². The largest absolute Gasteiger partial charge is 0.497 e. The molecule has 0 saturated carbocycles. The molecule has 164 valence electrons. The lowest BCUT2D eigenvalue weighted by Gasteiger charge is -2.28. The Bertz CT molecular complexity index is 1150. The molecular weight excluding hydrogens is 411 g/mol. The fourth-order valence-electron chi connectivity index (χ4n) is 3.91. The van der Waals surface area contributed by atoms with E-state index < -0.39 is 6.04 Å². The number of halogens is 1. The first-order valence-electron chi connectivity index (χ1n) is 10.2. The highest BCUT2D eigenvalue weighted by atomic mass is 19.1. The Balaban J connectivity index is 1.61. The molecule has 2 amide bonds. The molecule has 3 aromatic carbocycles. The highest BCUT2D eigenvalue weighted by Gasteiger charge is 2.34. The number of fused-ring (bicyclic) bond motifs is 1. The second-order valence-corrected chi connectivity index (χ2v) is 7.48. The molecule has 1 heterocycles. The molecule has 3 aromatic rings. The van der Waals surface area contributed by atoms with Gasteiger partial charge < -0.3 is 19.7 Å². The summed E-state index contributed by atoms with van der Waals surface area (Å²) in [5.41, 5.74) is 2.67. The lowest BCUT2D eigenvalue weighted by Crippen LogP contribution is -2.32. The summed E-state index contributed by atoms with van der Waals surface area (Å²) in [6, 6.07) is 17.8. The van der Waals surface area contributed by atoms with E-state index in [0.29, 0.717) is 34.9 Å². The molecule has 4 rings (SSSR count). The number of carbonyl (C=O) groups is 2. The van der Waals surface area contributed by atoms with Gasteiger partial charge >= 0.3 is 0 Å². The molecule has 0 unspecified atom stereocenters. The molecule has 0 fully saturated rings. The molecule has 0 radical (unpaired) electrons. The van der Waals surface area contributed by atoms with Crippen molar-refractivity contribution in [1.82, 2.24) is 4.90 Å². The van der Waals surface area contributed by atoms with Crippen molar-refractivity contribution < 1.29 is 23.5 Å². The summed E-state index contributed by atoms with van der Waals surface area (Å²) in [5, 5.41) is 2.85. The van der Waals surface area contributed by atoms with E-state index in [2.05, 4.69) is 5.32 Å². The monoisotopic (exact) mass is 434 g/mol. The number of benzene rings is 3. The van der Waals surface area contributed by atoms with E-state index in [4.69, 9.17) is 9.47 Å². The Hall–Kier alpha value is -3.87. The van der Waals surface area contributed by atoms with E-state index in [-0.39, 0.29) is 24.1 Å². The molecule has 1 aliphatic heterocycles. The zero-order valence-corrected chi connectivity index (χ0v) is 17.8. The van der Waals surface area contributed by atoms with E-state index in [0.717, 1.165) is 5.56 Å². The maximum Gasteiger partial charge on any atom is 0.255 e. The number of rotatable bonds is 7. The van der Waals surface area contributed by atoms with Crippen molar-refractivity contribution in [2.45, 2.75) is 19.0 Å². The molecule has 0 aliphatic carbocycles. The van der Waals surface area contributed by atoms with Crippen LogP contribution in [0.4, 0.5) is 10.1 Å². The number of nitrogens with one attached hydrogen (secondary N) is 1. The number of methoxy groups -OCH3 is 2. The van der Waals surface area contributed by atoms with Gasteiger partial charge in [-0.25, -0.2) is 4.39 Å². The average Bonchev–Trinajstić information content (AvgIpc) is 3.14. The topological polar surface area (TPSA) is 67.9 Å². The predicted molar refractivity (Wildman–Crippen MR) is 118 cm³/mol.